The van der Waals surface area contributed by atoms with E-state index in [1.54, 1.807) is 39.0 Å². The van der Waals surface area contributed by atoms with Crippen LogP contribution in [-0.2, 0) is 9.59 Å². The number of anilines is 1. The van der Waals surface area contributed by atoms with E-state index < -0.39 is 11.9 Å². The molecule has 2 aromatic rings. The molecule has 0 atom stereocenters. The van der Waals surface area contributed by atoms with Crippen molar-refractivity contribution in [1.29, 1.82) is 0 Å². The molecule has 0 aliphatic carbocycles. The first-order valence-corrected chi connectivity index (χ1v) is 6.87. The largest absolute Gasteiger partial charge is 0.474 e. The highest BCUT2D eigenvalue weighted by Gasteiger charge is 2.14. The van der Waals surface area contributed by atoms with Gasteiger partial charge in [0, 0.05) is 5.69 Å². The van der Waals surface area contributed by atoms with Crippen molar-refractivity contribution in [2.75, 3.05) is 5.32 Å². The fourth-order valence-electron chi connectivity index (χ4n) is 2.17. The predicted octanol–water partition coefficient (Wildman–Crippen LogP) is 3.57. The SMILES string of the molecule is Cc1cc(Oc2c(C)cc(NC(=O)C(=O)O)cc2C)ccc1F. The number of amides is 1. The van der Waals surface area contributed by atoms with Gasteiger partial charge in [0.15, 0.2) is 0 Å². The predicted molar refractivity (Wildman–Crippen MR) is 83.4 cm³/mol. The van der Waals surface area contributed by atoms with Gasteiger partial charge >= 0.3 is 11.9 Å². The molecule has 120 valence electrons. The summed E-state index contributed by atoms with van der Waals surface area (Å²) in [4.78, 5) is 21.8. The average Bonchev–Trinajstić information content (AvgIpc) is 2.46. The van der Waals surface area contributed by atoms with Gasteiger partial charge in [0.2, 0.25) is 0 Å². The fourth-order valence-corrected chi connectivity index (χ4v) is 2.17. The van der Waals surface area contributed by atoms with E-state index in [1.807, 2.05) is 0 Å². The summed E-state index contributed by atoms with van der Waals surface area (Å²) in [6.45, 7) is 5.19. The Morgan fingerprint density at radius 1 is 1.04 bits per heavy atom. The normalized spacial score (nSPS) is 10.3. The van der Waals surface area contributed by atoms with Crippen LogP contribution in [0.25, 0.3) is 0 Å². The lowest BCUT2D eigenvalue weighted by atomic mass is 10.1. The first kappa shape index (κ1) is 16.5. The van der Waals surface area contributed by atoms with E-state index >= 15 is 0 Å². The lowest BCUT2D eigenvalue weighted by Gasteiger charge is -2.14. The number of hydrogen-bond acceptors (Lipinski definition) is 3. The molecule has 1 amide bonds. The summed E-state index contributed by atoms with van der Waals surface area (Å²) in [5.41, 5.74) is 2.28. The Morgan fingerprint density at radius 2 is 1.65 bits per heavy atom. The molecule has 0 aliphatic heterocycles. The number of carboxylic acids is 1. The third-order valence-electron chi connectivity index (χ3n) is 3.26. The number of rotatable bonds is 3. The molecular formula is C17H16FNO4. The number of hydrogen-bond donors (Lipinski definition) is 2. The van der Waals surface area contributed by atoms with Crippen LogP contribution in [0.4, 0.5) is 10.1 Å². The Hall–Kier alpha value is -2.89. The molecule has 0 radical (unpaired) electrons. The molecule has 0 saturated carbocycles. The number of ether oxygens (including phenoxy) is 1. The Balaban J connectivity index is 2.28. The van der Waals surface area contributed by atoms with Gasteiger partial charge in [0.1, 0.15) is 17.3 Å². The fraction of sp³-hybridized carbons (Fsp3) is 0.176. The first-order chi connectivity index (χ1) is 10.8. The van der Waals surface area contributed by atoms with Gasteiger partial charge in [-0.05, 0) is 67.8 Å². The third kappa shape index (κ3) is 3.85. The van der Waals surface area contributed by atoms with Crippen LogP contribution >= 0.6 is 0 Å². The van der Waals surface area contributed by atoms with Crippen molar-refractivity contribution in [3.63, 3.8) is 0 Å². The zero-order valence-electron chi connectivity index (χ0n) is 12.9. The standard InChI is InChI=1S/C17H16FNO4/c1-9-8-13(4-5-14(9)18)23-15-10(2)6-12(7-11(15)3)19-16(20)17(21)22/h4-8H,1-3H3,(H,19,20)(H,21,22). The summed E-state index contributed by atoms with van der Waals surface area (Å²) in [5.74, 6) is -1.90. The second-order valence-electron chi connectivity index (χ2n) is 5.21. The molecule has 0 bridgehead atoms. The van der Waals surface area contributed by atoms with Gasteiger partial charge in [-0.15, -0.1) is 0 Å². The molecular weight excluding hydrogens is 301 g/mol. The Morgan fingerprint density at radius 3 is 2.17 bits per heavy atom. The minimum absolute atomic E-state index is 0.308. The van der Waals surface area contributed by atoms with Crippen LogP contribution in [0.5, 0.6) is 11.5 Å². The summed E-state index contributed by atoms with van der Waals surface area (Å²) >= 11 is 0. The molecule has 0 aliphatic rings. The molecule has 0 spiro atoms. The van der Waals surface area contributed by atoms with Crippen LogP contribution in [0.2, 0.25) is 0 Å². The zero-order chi connectivity index (χ0) is 17.1. The lowest BCUT2D eigenvalue weighted by Crippen LogP contribution is -2.21. The maximum absolute atomic E-state index is 13.3. The van der Waals surface area contributed by atoms with Gasteiger partial charge in [-0.1, -0.05) is 0 Å². The molecule has 2 rings (SSSR count). The molecule has 2 N–H and O–H groups in total. The number of carbonyl (C=O) groups excluding carboxylic acids is 1. The second-order valence-corrected chi connectivity index (χ2v) is 5.21. The summed E-state index contributed by atoms with van der Waals surface area (Å²) < 4.78 is 19.1. The summed E-state index contributed by atoms with van der Waals surface area (Å²) in [6, 6.07) is 7.67. The zero-order valence-corrected chi connectivity index (χ0v) is 12.9. The maximum Gasteiger partial charge on any atom is 0.394 e. The lowest BCUT2D eigenvalue weighted by molar-refractivity contribution is -0.147. The molecule has 0 unspecified atom stereocenters. The third-order valence-corrected chi connectivity index (χ3v) is 3.26. The van der Waals surface area contributed by atoms with Crippen molar-refractivity contribution in [2.45, 2.75) is 20.8 Å². The minimum atomic E-state index is -1.55. The van der Waals surface area contributed by atoms with Gasteiger partial charge in [0.25, 0.3) is 0 Å². The van der Waals surface area contributed by atoms with Crippen LogP contribution in [0.15, 0.2) is 30.3 Å². The molecule has 0 saturated heterocycles. The smallest absolute Gasteiger partial charge is 0.394 e. The number of aryl methyl sites for hydroxylation is 3. The average molecular weight is 317 g/mol. The van der Waals surface area contributed by atoms with Crippen LogP contribution < -0.4 is 10.1 Å². The molecule has 2 aromatic carbocycles. The Labute approximate surface area is 132 Å². The van der Waals surface area contributed by atoms with Gasteiger partial charge in [-0.25, -0.2) is 9.18 Å². The molecule has 0 heterocycles. The van der Waals surface area contributed by atoms with E-state index in [0.29, 0.717) is 33.9 Å². The van der Waals surface area contributed by atoms with Gasteiger partial charge < -0.3 is 15.2 Å². The quantitative estimate of drug-likeness (QED) is 0.849. The van der Waals surface area contributed by atoms with Crippen LogP contribution in [0, 0.1) is 26.6 Å². The molecule has 0 fully saturated rings. The highest BCUT2D eigenvalue weighted by molar-refractivity contribution is 6.36. The van der Waals surface area contributed by atoms with Gasteiger partial charge in [-0.2, -0.15) is 0 Å². The van der Waals surface area contributed by atoms with E-state index in [0.717, 1.165) is 0 Å². The van der Waals surface area contributed by atoms with Crippen molar-refractivity contribution in [3.05, 3.63) is 52.8 Å². The van der Waals surface area contributed by atoms with Crippen molar-refractivity contribution >= 4 is 17.6 Å². The Bertz CT molecular complexity index is 763. The summed E-state index contributed by atoms with van der Waals surface area (Å²) in [6.07, 6.45) is 0. The van der Waals surface area contributed by atoms with E-state index in [-0.39, 0.29) is 5.82 Å². The number of aliphatic carboxylic acids is 1. The second kappa shape index (κ2) is 6.48. The van der Waals surface area contributed by atoms with E-state index in [1.165, 1.54) is 12.1 Å². The number of carboxylic acid groups (broad SMARTS) is 1. The van der Waals surface area contributed by atoms with Crippen LogP contribution in [0.1, 0.15) is 16.7 Å². The molecule has 0 aromatic heterocycles. The summed E-state index contributed by atoms with van der Waals surface area (Å²) in [7, 11) is 0. The van der Waals surface area contributed by atoms with Gasteiger partial charge in [-0.3, -0.25) is 4.79 Å². The minimum Gasteiger partial charge on any atom is -0.474 e. The molecule has 23 heavy (non-hydrogen) atoms. The van der Waals surface area contributed by atoms with Gasteiger partial charge in [0.05, 0.1) is 0 Å². The summed E-state index contributed by atoms with van der Waals surface area (Å²) in [5, 5.41) is 10.9. The van der Waals surface area contributed by atoms with E-state index in [2.05, 4.69) is 5.32 Å². The van der Waals surface area contributed by atoms with Crippen LogP contribution in [0.3, 0.4) is 0 Å². The number of benzene rings is 2. The maximum atomic E-state index is 13.3. The topological polar surface area (TPSA) is 75.6 Å². The van der Waals surface area contributed by atoms with Crippen LogP contribution in [-0.4, -0.2) is 17.0 Å². The number of nitrogens with one attached hydrogen (secondary N) is 1. The Kier molecular flexibility index (Phi) is 4.64. The van der Waals surface area contributed by atoms with Crippen molar-refractivity contribution in [3.8, 4) is 11.5 Å². The van der Waals surface area contributed by atoms with Crippen molar-refractivity contribution < 1.29 is 23.8 Å². The van der Waals surface area contributed by atoms with E-state index in [9.17, 15) is 14.0 Å². The number of halogens is 1. The highest BCUT2D eigenvalue weighted by atomic mass is 19.1. The van der Waals surface area contributed by atoms with Crippen molar-refractivity contribution in [2.24, 2.45) is 0 Å². The molecule has 6 heteroatoms. The first-order valence-electron chi connectivity index (χ1n) is 6.87. The number of carbonyl (C=O) groups is 2. The van der Waals surface area contributed by atoms with E-state index in [4.69, 9.17) is 9.84 Å². The monoisotopic (exact) mass is 317 g/mol. The van der Waals surface area contributed by atoms with Crippen molar-refractivity contribution in [1.82, 2.24) is 0 Å². The highest BCUT2D eigenvalue weighted by Crippen LogP contribution is 2.32. The molecule has 5 nitrogen and oxygen atoms in total.